The van der Waals surface area contributed by atoms with Crippen LogP contribution in [0, 0.1) is 0 Å². The number of methoxy groups -OCH3 is 2. The molecule has 2 saturated heterocycles. The molecule has 0 radical (unpaired) electrons. The fraction of sp³-hybridized carbons (Fsp3) is 0.625. The number of hydrogen-bond acceptors (Lipinski definition) is 6. The van der Waals surface area contributed by atoms with Gasteiger partial charge < -0.3 is 23.7 Å². The first-order valence-electron chi connectivity index (χ1n) is 11.0. The highest BCUT2D eigenvalue weighted by atomic mass is 16.7. The number of carbonyl (C=O) groups excluding carboxylic acids is 1. The summed E-state index contributed by atoms with van der Waals surface area (Å²) in [7, 11) is 3.15. The Hall–Kier alpha value is -2.05. The summed E-state index contributed by atoms with van der Waals surface area (Å²) >= 11 is 0. The Morgan fingerprint density at radius 3 is 2.73 bits per heavy atom. The van der Waals surface area contributed by atoms with Crippen molar-refractivity contribution in [2.75, 3.05) is 14.2 Å². The third-order valence-corrected chi connectivity index (χ3v) is 6.34. The molecule has 3 heterocycles. The minimum atomic E-state index is -0.337. The van der Waals surface area contributed by atoms with Gasteiger partial charge in [-0.3, -0.25) is 0 Å². The number of benzene rings is 1. The number of rotatable bonds is 7. The Kier molecular flexibility index (Phi) is 6.34. The summed E-state index contributed by atoms with van der Waals surface area (Å²) in [5.74, 6) is 0.497. The van der Waals surface area contributed by atoms with E-state index in [1.165, 1.54) is 0 Å². The Labute approximate surface area is 178 Å². The van der Waals surface area contributed by atoms with E-state index < -0.39 is 0 Å². The number of cyclic esters (lactones) is 1. The van der Waals surface area contributed by atoms with Crippen molar-refractivity contribution in [3.63, 3.8) is 0 Å². The minimum absolute atomic E-state index is 0.221. The molecular weight excluding hydrogens is 384 g/mol. The summed E-state index contributed by atoms with van der Waals surface area (Å²) in [5, 5.41) is 0. The van der Waals surface area contributed by atoms with Crippen molar-refractivity contribution in [1.82, 2.24) is 0 Å². The number of hydrogen-bond donors (Lipinski definition) is 0. The Morgan fingerprint density at radius 2 is 2.00 bits per heavy atom. The van der Waals surface area contributed by atoms with Gasteiger partial charge in [0.15, 0.2) is 5.79 Å². The summed E-state index contributed by atoms with van der Waals surface area (Å²) in [6.07, 6.45) is 12.4. The second-order valence-corrected chi connectivity index (χ2v) is 8.48. The molecule has 3 aliphatic rings. The van der Waals surface area contributed by atoms with E-state index in [1.807, 2.05) is 6.07 Å². The Bertz CT molecular complexity index is 799. The molecule has 1 aromatic rings. The van der Waals surface area contributed by atoms with Crippen LogP contribution in [0.25, 0.3) is 0 Å². The molecular formula is C24H32O6. The van der Waals surface area contributed by atoms with Crippen LogP contribution in [-0.2, 0) is 14.2 Å². The summed E-state index contributed by atoms with van der Waals surface area (Å²) in [6, 6.07) is 3.59. The molecule has 0 bridgehead atoms. The summed E-state index contributed by atoms with van der Waals surface area (Å²) < 4.78 is 28.7. The predicted molar refractivity (Wildman–Crippen MR) is 112 cm³/mol. The maximum Gasteiger partial charge on any atom is 0.342 e. The van der Waals surface area contributed by atoms with E-state index >= 15 is 0 Å². The van der Waals surface area contributed by atoms with Gasteiger partial charge in [-0.2, -0.15) is 0 Å². The molecule has 30 heavy (non-hydrogen) atoms. The molecule has 0 N–H and O–H groups in total. The standard InChI is InChI=1S/C24H32O6/c1-16-11-13-24(29-16)12-7-9-17(30-24)8-5-4-6-10-20-19-14-18(26-2)15-21(27-3)22(19)23(25)28-20/h4-5,14-17,20H,6-13H2,1-3H3/b5-4+/t16-,17-,20-,24-/m1/s1. The lowest BCUT2D eigenvalue weighted by Gasteiger charge is -2.38. The monoisotopic (exact) mass is 416 g/mol. The number of allylic oxidation sites excluding steroid dienone is 1. The zero-order chi connectivity index (χ0) is 21.1. The molecule has 1 spiro atoms. The van der Waals surface area contributed by atoms with Crippen molar-refractivity contribution >= 4 is 5.97 Å². The van der Waals surface area contributed by atoms with E-state index in [9.17, 15) is 4.79 Å². The van der Waals surface area contributed by atoms with Crippen molar-refractivity contribution in [3.05, 3.63) is 35.4 Å². The normalized spacial score (nSPS) is 30.6. The highest BCUT2D eigenvalue weighted by Crippen LogP contribution is 2.42. The lowest BCUT2D eigenvalue weighted by atomic mass is 9.97. The van der Waals surface area contributed by atoms with Crippen LogP contribution in [-0.4, -0.2) is 38.2 Å². The quantitative estimate of drug-likeness (QED) is 0.455. The Morgan fingerprint density at radius 1 is 1.13 bits per heavy atom. The predicted octanol–water partition coefficient (Wildman–Crippen LogP) is 5.11. The van der Waals surface area contributed by atoms with Crippen molar-refractivity contribution in [2.24, 2.45) is 0 Å². The minimum Gasteiger partial charge on any atom is -0.497 e. The first-order chi connectivity index (χ1) is 14.5. The molecule has 3 aliphatic heterocycles. The van der Waals surface area contributed by atoms with Crippen LogP contribution < -0.4 is 9.47 Å². The van der Waals surface area contributed by atoms with E-state index in [0.29, 0.717) is 23.2 Å². The molecule has 4 rings (SSSR count). The largest absolute Gasteiger partial charge is 0.497 e. The molecule has 0 aromatic heterocycles. The topological polar surface area (TPSA) is 63.2 Å². The van der Waals surface area contributed by atoms with Crippen LogP contribution in [0.5, 0.6) is 11.5 Å². The maximum absolute atomic E-state index is 12.3. The highest BCUT2D eigenvalue weighted by molar-refractivity contribution is 5.97. The zero-order valence-electron chi connectivity index (χ0n) is 18.1. The van der Waals surface area contributed by atoms with E-state index in [-0.39, 0.29) is 24.0 Å². The van der Waals surface area contributed by atoms with Gasteiger partial charge in [0.25, 0.3) is 0 Å². The van der Waals surface area contributed by atoms with Crippen LogP contribution in [0.15, 0.2) is 24.3 Å². The lowest BCUT2D eigenvalue weighted by molar-refractivity contribution is -0.267. The van der Waals surface area contributed by atoms with Gasteiger partial charge in [0.2, 0.25) is 0 Å². The first kappa shape index (κ1) is 21.2. The smallest absolute Gasteiger partial charge is 0.342 e. The molecule has 4 atom stereocenters. The third-order valence-electron chi connectivity index (χ3n) is 6.34. The van der Waals surface area contributed by atoms with Gasteiger partial charge in [-0.05, 0) is 51.5 Å². The molecule has 0 unspecified atom stereocenters. The summed E-state index contributed by atoms with van der Waals surface area (Å²) in [6.45, 7) is 2.13. The fourth-order valence-corrected chi connectivity index (χ4v) is 4.81. The second-order valence-electron chi connectivity index (χ2n) is 8.48. The average molecular weight is 417 g/mol. The average Bonchev–Trinajstić information content (AvgIpc) is 3.26. The molecule has 0 amide bonds. The molecule has 1 aromatic carbocycles. The van der Waals surface area contributed by atoms with Gasteiger partial charge in [0.05, 0.1) is 26.4 Å². The zero-order valence-corrected chi connectivity index (χ0v) is 18.1. The fourth-order valence-electron chi connectivity index (χ4n) is 4.81. The van der Waals surface area contributed by atoms with Crippen molar-refractivity contribution < 1.29 is 28.5 Å². The van der Waals surface area contributed by atoms with Crippen LogP contribution in [0.2, 0.25) is 0 Å². The number of ether oxygens (including phenoxy) is 5. The molecule has 0 aliphatic carbocycles. The number of esters is 1. The van der Waals surface area contributed by atoms with Gasteiger partial charge in [-0.25, -0.2) is 4.79 Å². The van der Waals surface area contributed by atoms with Gasteiger partial charge in [0.1, 0.15) is 23.2 Å². The molecule has 6 nitrogen and oxygen atoms in total. The number of carbonyl (C=O) groups is 1. The molecule has 2 fully saturated rings. The van der Waals surface area contributed by atoms with E-state index in [0.717, 1.165) is 56.9 Å². The molecule has 164 valence electrons. The SMILES string of the molecule is COc1cc(OC)c2c(c1)[C@@H](CC/C=C/C[C@@H]1CCC[C@]3(CC[C@@H](C)O3)O1)OC2=O. The van der Waals surface area contributed by atoms with Crippen LogP contribution in [0.3, 0.4) is 0 Å². The van der Waals surface area contributed by atoms with E-state index in [2.05, 4.69) is 19.1 Å². The molecule has 6 heteroatoms. The number of fused-ring (bicyclic) bond motifs is 1. The van der Waals surface area contributed by atoms with Crippen molar-refractivity contribution in [3.8, 4) is 11.5 Å². The van der Waals surface area contributed by atoms with Crippen molar-refractivity contribution in [2.45, 2.75) is 82.4 Å². The van der Waals surface area contributed by atoms with Gasteiger partial charge >= 0.3 is 5.97 Å². The Balaban J connectivity index is 1.30. The second kappa shape index (κ2) is 8.98. The maximum atomic E-state index is 12.3. The summed E-state index contributed by atoms with van der Waals surface area (Å²) in [4.78, 5) is 12.3. The third kappa shape index (κ3) is 4.35. The van der Waals surface area contributed by atoms with E-state index in [1.54, 1.807) is 20.3 Å². The summed E-state index contributed by atoms with van der Waals surface area (Å²) in [5.41, 5.74) is 1.36. The highest BCUT2D eigenvalue weighted by Gasteiger charge is 2.43. The van der Waals surface area contributed by atoms with E-state index in [4.69, 9.17) is 23.7 Å². The van der Waals surface area contributed by atoms with Gasteiger partial charge in [0, 0.05) is 24.5 Å². The van der Waals surface area contributed by atoms with Crippen LogP contribution in [0.4, 0.5) is 0 Å². The van der Waals surface area contributed by atoms with Gasteiger partial charge in [-0.1, -0.05) is 12.2 Å². The van der Waals surface area contributed by atoms with Crippen molar-refractivity contribution in [1.29, 1.82) is 0 Å². The first-order valence-corrected chi connectivity index (χ1v) is 11.0. The molecule has 0 saturated carbocycles. The van der Waals surface area contributed by atoms with Crippen LogP contribution >= 0.6 is 0 Å². The lowest BCUT2D eigenvalue weighted by Crippen LogP contribution is -2.40. The van der Waals surface area contributed by atoms with Gasteiger partial charge in [-0.15, -0.1) is 0 Å². The van der Waals surface area contributed by atoms with Crippen LogP contribution in [0.1, 0.15) is 80.3 Å².